The number of thioether (sulfide) groups is 2. The molecule has 1 saturated heterocycles. The molecule has 0 bridgehead atoms. The van der Waals surface area contributed by atoms with Crippen molar-refractivity contribution in [3.63, 3.8) is 0 Å². The fraction of sp³-hybridized carbons (Fsp3) is 1.00. The topological polar surface area (TPSA) is 20.2 Å². The van der Waals surface area contributed by atoms with Gasteiger partial charge in [0, 0.05) is 22.0 Å². The molecule has 3 atom stereocenters. The van der Waals surface area contributed by atoms with E-state index in [4.69, 9.17) is 0 Å². The van der Waals surface area contributed by atoms with Crippen LogP contribution in [-0.2, 0) is 0 Å². The van der Waals surface area contributed by atoms with Crippen molar-refractivity contribution in [2.45, 2.75) is 50.7 Å². The van der Waals surface area contributed by atoms with E-state index in [1.165, 1.54) is 17.9 Å². The highest BCUT2D eigenvalue weighted by atomic mass is 32.2. The Morgan fingerprint density at radius 1 is 1.29 bits per heavy atom. The number of hydrogen-bond donors (Lipinski definition) is 1. The first-order valence-corrected chi connectivity index (χ1v) is 7.48. The van der Waals surface area contributed by atoms with Gasteiger partial charge < -0.3 is 5.11 Å². The molecular weight excluding hydrogens is 212 g/mol. The van der Waals surface area contributed by atoms with Crippen LogP contribution in [0, 0.1) is 5.41 Å². The quantitative estimate of drug-likeness (QED) is 0.793. The Morgan fingerprint density at radius 3 is 2.36 bits per heavy atom. The van der Waals surface area contributed by atoms with Crippen molar-refractivity contribution < 1.29 is 5.11 Å². The maximum atomic E-state index is 10.3. The van der Waals surface area contributed by atoms with Gasteiger partial charge in [-0.2, -0.15) is 23.5 Å². The Hall–Kier alpha value is 0.660. The maximum absolute atomic E-state index is 10.3. The predicted molar refractivity (Wildman–Crippen MR) is 68.2 cm³/mol. The molecule has 0 aromatic carbocycles. The molecule has 1 fully saturated rings. The van der Waals surface area contributed by atoms with Gasteiger partial charge in [-0.05, 0) is 11.8 Å². The second kappa shape index (κ2) is 5.13. The summed E-state index contributed by atoms with van der Waals surface area (Å²) in [6.07, 6.45) is 1.00. The molecule has 0 saturated carbocycles. The average Bonchev–Trinajstić information content (AvgIpc) is 2.15. The monoisotopic (exact) mass is 234 g/mol. The Balaban J connectivity index is 2.63. The van der Waals surface area contributed by atoms with Crippen LogP contribution in [0.1, 0.15) is 34.1 Å². The predicted octanol–water partition coefficient (Wildman–Crippen LogP) is 3.02. The van der Waals surface area contributed by atoms with Crippen LogP contribution < -0.4 is 0 Å². The Kier molecular flexibility index (Phi) is 4.66. The molecule has 3 heteroatoms. The zero-order chi connectivity index (χ0) is 10.8. The fourth-order valence-corrected chi connectivity index (χ4v) is 5.11. The van der Waals surface area contributed by atoms with Gasteiger partial charge in [0.2, 0.25) is 0 Å². The zero-order valence-electron chi connectivity index (χ0n) is 9.62. The second-order valence-corrected chi connectivity index (χ2v) is 7.60. The van der Waals surface area contributed by atoms with Gasteiger partial charge in [-0.1, -0.05) is 27.7 Å². The van der Waals surface area contributed by atoms with Crippen LogP contribution in [0.3, 0.4) is 0 Å². The lowest BCUT2D eigenvalue weighted by atomic mass is 9.86. The fourth-order valence-electron chi connectivity index (χ4n) is 1.72. The van der Waals surface area contributed by atoms with E-state index in [0.29, 0.717) is 10.5 Å². The third kappa shape index (κ3) is 3.07. The third-order valence-electron chi connectivity index (χ3n) is 2.69. The van der Waals surface area contributed by atoms with Gasteiger partial charge in [0.05, 0.1) is 6.10 Å². The van der Waals surface area contributed by atoms with E-state index in [1.54, 1.807) is 0 Å². The van der Waals surface area contributed by atoms with Crippen LogP contribution in [0.4, 0.5) is 0 Å². The smallest absolute Gasteiger partial charge is 0.0717 e. The summed E-state index contributed by atoms with van der Waals surface area (Å²) >= 11 is 3.99. The third-order valence-corrected chi connectivity index (χ3v) is 6.03. The molecule has 0 radical (unpaired) electrons. The number of aliphatic hydroxyl groups is 1. The summed E-state index contributed by atoms with van der Waals surface area (Å²) in [7, 11) is 0. The lowest BCUT2D eigenvalue weighted by Gasteiger charge is -2.39. The van der Waals surface area contributed by atoms with Gasteiger partial charge in [-0.15, -0.1) is 0 Å². The minimum atomic E-state index is -0.176. The van der Waals surface area contributed by atoms with Crippen LogP contribution in [0.15, 0.2) is 0 Å². The van der Waals surface area contributed by atoms with Gasteiger partial charge in [0.25, 0.3) is 0 Å². The van der Waals surface area contributed by atoms with E-state index < -0.39 is 0 Å². The van der Waals surface area contributed by atoms with E-state index in [9.17, 15) is 5.11 Å². The molecule has 3 unspecified atom stereocenters. The van der Waals surface area contributed by atoms with E-state index in [-0.39, 0.29) is 11.5 Å². The van der Waals surface area contributed by atoms with Crippen LogP contribution >= 0.6 is 23.5 Å². The van der Waals surface area contributed by atoms with Crippen LogP contribution in [0.25, 0.3) is 0 Å². The van der Waals surface area contributed by atoms with Gasteiger partial charge >= 0.3 is 0 Å². The molecule has 0 aromatic rings. The van der Waals surface area contributed by atoms with Gasteiger partial charge in [-0.25, -0.2) is 0 Å². The average molecular weight is 234 g/mol. The van der Waals surface area contributed by atoms with Crippen molar-refractivity contribution in [3.05, 3.63) is 0 Å². The molecule has 1 nitrogen and oxygen atoms in total. The molecule has 0 aliphatic carbocycles. The van der Waals surface area contributed by atoms with Crippen molar-refractivity contribution in [2.24, 2.45) is 5.41 Å². The standard InChI is InChI=1S/C11H22OS2/c1-5-8-9(14-7-6-13-8)10(12)11(2,3)4/h8-10,12H,5-7H2,1-4H3. The summed E-state index contributed by atoms with van der Waals surface area (Å²) in [5, 5.41) is 11.3. The molecule has 1 heterocycles. The van der Waals surface area contributed by atoms with Crippen molar-refractivity contribution in [1.82, 2.24) is 0 Å². The molecule has 1 N–H and O–H groups in total. The number of rotatable bonds is 2. The Labute approximate surface area is 96.4 Å². The molecule has 1 aliphatic rings. The molecule has 0 amide bonds. The summed E-state index contributed by atoms with van der Waals surface area (Å²) < 4.78 is 0. The molecule has 0 spiro atoms. The van der Waals surface area contributed by atoms with Crippen molar-refractivity contribution >= 4 is 23.5 Å². The lowest BCUT2D eigenvalue weighted by Crippen LogP contribution is -2.43. The summed E-state index contributed by atoms with van der Waals surface area (Å²) in [6.45, 7) is 8.62. The Bertz CT molecular complexity index is 177. The molecule has 84 valence electrons. The van der Waals surface area contributed by atoms with Crippen LogP contribution in [-0.4, -0.2) is 33.2 Å². The highest BCUT2D eigenvalue weighted by Gasteiger charge is 2.37. The zero-order valence-corrected chi connectivity index (χ0v) is 11.3. The molecule has 14 heavy (non-hydrogen) atoms. The lowest BCUT2D eigenvalue weighted by molar-refractivity contribution is 0.0602. The first-order chi connectivity index (χ1) is 6.46. The second-order valence-electron chi connectivity index (χ2n) is 4.96. The van der Waals surface area contributed by atoms with Crippen molar-refractivity contribution in [2.75, 3.05) is 11.5 Å². The largest absolute Gasteiger partial charge is 0.391 e. The summed E-state index contributed by atoms with van der Waals surface area (Å²) in [6, 6.07) is 0. The van der Waals surface area contributed by atoms with Crippen LogP contribution in [0.5, 0.6) is 0 Å². The molecule has 0 aromatic heterocycles. The van der Waals surface area contributed by atoms with E-state index in [2.05, 4.69) is 27.7 Å². The first kappa shape index (κ1) is 12.7. The maximum Gasteiger partial charge on any atom is 0.0717 e. The number of hydrogen-bond acceptors (Lipinski definition) is 3. The van der Waals surface area contributed by atoms with E-state index in [0.717, 1.165) is 0 Å². The molecular formula is C11H22OS2. The van der Waals surface area contributed by atoms with E-state index in [1.807, 2.05) is 23.5 Å². The van der Waals surface area contributed by atoms with Crippen molar-refractivity contribution in [3.8, 4) is 0 Å². The van der Waals surface area contributed by atoms with E-state index >= 15 is 0 Å². The molecule has 1 rings (SSSR count). The first-order valence-electron chi connectivity index (χ1n) is 5.38. The number of aliphatic hydroxyl groups excluding tert-OH is 1. The highest BCUT2D eigenvalue weighted by Crippen LogP contribution is 2.39. The summed E-state index contributed by atoms with van der Waals surface area (Å²) in [5.41, 5.74) is 0.0169. The van der Waals surface area contributed by atoms with Crippen LogP contribution in [0.2, 0.25) is 0 Å². The highest BCUT2D eigenvalue weighted by molar-refractivity contribution is 8.07. The summed E-state index contributed by atoms with van der Waals surface area (Å²) in [5.74, 6) is 2.44. The minimum Gasteiger partial charge on any atom is -0.391 e. The summed E-state index contributed by atoms with van der Waals surface area (Å²) in [4.78, 5) is 0. The van der Waals surface area contributed by atoms with Gasteiger partial charge in [0.1, 0.15) is 0 Å². The normalized spacial score (nSPS) is 31.5. The minimum absolute atomic E-state index is 0.0169. The van der Waals surface area contributed by atoms with Gasteiger partial charge in [-0.3, -0.25) is 0 Å². The van der Waals surface area contributed by atoms with Gasteiger partial charge in [0.15, 0.2) is 0 Å². The van der Waals surface area contributed by atoms with Crippen molar-refractivity contribution in [1.29, 1.82) is 0 Å². The Morgan fingerprint density at radius 2 is 1.86 bits per heavy atom. The molecule has 1 aliphatic heterocycles. The SMILES string of the molecule is CCC1SCCSC1C(O)C(C)(C)C.